The van der Waals surface area contributed by atoms with Crippen molar-refractivity contribution in [1.82, 2.24) is 20.8 Å². The molecular weight excluding hydrogens is 484 g/mol. The third-order valence-electron chi connectivity index (χ3n) is 6.22. The predicted molar refractivity (Wildman–Crippen MR) is 142 cm³/mol. The number of fused-ring (bicyclic) bond motifs is 3. The van der Waals surface area contributed by atoms with Gasteiger partial charge in [-0.3, -0.25) is 0 Å². The number of ether oxygens (including phenoxy) is 2. The number of aromatic nitrogens is 2. The summed E-state index contributed by atoms with van der Waals surface area (Å²) in [7, 11) is 0. The van der Waals surface area contributed by atoms with Crippen molar-refractivity contribution in [3.8, 4) is 11.1 Å². The van der Waals surface area contributed by atoms with Crippen molar-refractivity contribution in [2.24, 2.45) is 5.92 Å². The first-order valence-corrected chi connectivity index (χ1v) is 13.0. The van der Waals surface area contributed by atoms with Crippen LogP contribution in [0.3, 0.4) is 0 Å². The van der Waals surface area contributed by atoms with Crippen molar-refractivity contribution < 1.29 is 23.6 Å². The second-order valence-corrected chi connectivity index (χ2v) is 11.0. The van der Waals surface area contributed by atoms with Crippen LogP contribution in [0.15, 0.2) is 53.1 Å². The maximum Gasteiger partial charge on any atom is 0.408 e. The molecule has 0 radical (unpaired) electrons. The summed E-state index contributed by atoms with van der Waals surface area (Å²) in [4.78, 5) is 29.5. The molecule has 0 aliphatic heterocycles. The molecule has 1 heterocycles. The van der Waals surface area contributed by atoms with E-state index in [1.54, 1.807) is 27.7 Å². The van der Waals surface area contributed by atoms with Gasteiger partial charge in [-0.05, 0) is 62.3 Å². The first-order chi connectivity index (χ1) is 18.0. The average Bonchev–Trinajstić information content (AvgIpc) is 3.45. The average molecular weight is 521 g/mol. The summed E-state index contributed by atoms with van der Waals surface area (Å²) in [6.45, 7) is 11.4. The van der Waals surface area contributed by atoms with E-state index in [0.717, 1.165) is 11.1 Å². The van der Waals surface area contributed by atoms with Crippen LogP contribution in [0.1, 0.15) is 88.8 Å². The summed E-state index contributed by atoms with van der Waals surface area (Å²) in [6, 6.07) is 15.3. The van der Waals surface area contributed by atoms with Gasteiger partial charge >= 0.3 is 12.2 Å². The summed E-state index contributed by atoms with van der Waals surface area (Å²) >= 11 is 0. The molecule has 2 aromatic carbocycles. The fraction of sp³-hybridized carbons (Fsp3) is 0.448. The van der Waals surface area contributed by atoms with Crippen molar-refractivity contribution in [2.75, 3.05) is 6.61 Å². The van der Waals surface area contributed by atoms with E-state index < -0.39 is 29.9 Å². The molecule has 0 bridgehead atoms. The molecule has 4 rings (SSSR count). The Bertz CT molecular complexity index is 1230. The minimum Gasteiger partial charge on any atom is -0.449 e. The van der Waals surface area contributed by atoms with Crippen LogP contribution in [0, 0.1) is 5.92 Å². The van der Waals surface area contributed by atoms with Gasteiger partial charge in [0.2, 0.25) is 5.89 Å². The molecule has 1 aromatic heterocycles. The molecule has 2 amide bonds. The van der Waals surface area contributed by atoms with Gasteiger partial charge in [0.25, 0.3) is 0 Å². The summed E-state index contributed by atoms with van der Waals surface area (Å²) in [5.41, 5.74) is 4.01. The van der Waals surface area contributed by atoms with E-state index in [9.17, 15) is 9.59 Å². The number of nitrogens with one attached hydrogen (secondary N) is 2. The van der Waals surface area contributed by atoms with E-state index in [-0.39, 0.29) is 24.3 Å². The summed E-state index contributed by atoms with van der Waals surface area (Å²) < 4.78 is 16.4. The van der Waals surface area contributed by atoms with Crippen molar-refractivity contribution >= 4 is 12.2 Å². The number of alkyl carbamates (subject to hydrolysis) is 2. The molecule has 9 heteroatoms. The second-order valence-electron chi connectivity index (χ2n) is 11.0. The van der Waals surface area contributed by atoms with Crippen LogP contribution in [0.5, 0.6) is 0 Å². The molecule has 1 aliphatic rings. The van der Waals surface area contributed by atoms with Gasteiger partial charge in [0, 0.05) is 5.92 Å². The number of amides is 2. The molecule has 0 spiro atoms. The SMILES string of the molecule is CC(C)C[C@H](NC(=O)OCC1c2ccccc2-c2ccccc21)c1noc([C@H](C)NC(=O)OC(C)(C)C)n1. The van der Waals surface area contributed by atoms with Crippen molar-refractivity contribution in [3.05, 3.63) is 71.4 Å². The Balaban J connectivity index is 1.41. The van der Waals surface area contributed by atoms with Crippen LogP contribution in [0.25, 0.3) is 11.1 Å². The molecule has 0 unspecified atom stereocenters. The van der Waals surface area contributed by atoms with Crippen molar-refractivity contribution in [3.63, 3.8) is 0 Å². The Morgan fingerprint density at radius 3 is 2.13 bits per heavy atom. The van der Waals surface area contributed by atoms with Crippen molar-refractivity contribution in [2.45, 2.75) is 71.6 Å². The molecule has 1 aliphatic carbocycles. The van der Waals surface area contributed by atoms with Gasteiger partial charge in [0.1, 0.15) is 18.2 Å². The Labute approximate surface area is 223 Å². The van der Waals surface area contributed by atoms with Crippen molar-refractivity contribution in [1.29, 1.82) is 0 Å². The minimum atomic E-state index is -0.626. The molecule has 2 N–H and O–H groups in total. The summed E-state index contributed by atoms with van der Waals surface area (Å²) in [5, 5.41) is 9.66. The maximum absolute atomic E-state index is 12.9. The zero-order valence-corrected chi connectivity index (χ0v) is 22.8. The Kier molecular flexibility index (Phi) is 8.04. The lowest BCUT2D eigenvalue weighted by molar-refractivity contribution is 0.0499. The smallest absolute Gasteiger partial charge is 0.408 e. The first-order valence-electron chi connectivity index (χ1n) is 13.0. The lowest BCUT2D eigenvalue weighted by Gasteiger charge is -2.20. The highest BCUT2D eigenvalue weighted by atomic mass is 16.6. The van der Waals surface area contributed by atoms with E-state index in [1.807, 2.05) is 38.1 Å². The number of hydrogen-bond acceptors (Lipinski definition) is 7. The molecule has 38 heavy (non-hydrogen) atoms. The molecular formula is C29H36N4O5. The highest BCUT2D eigenvalue weighted by Gasteiger charge is 2.30. The number of nitrogens with zero attached hydrogens (tertiary/aromatic N) is 2. The molecule has 0 saturated carbocycles. The lowest BCUT2D eigenvalue weighted by atomic mass is 9.98. The fourth-order valence-electron chi connectivity index (χ4n) is 4.59. The quantitative estimate of drug-likeness (QED) is 0.359. The van der Waals surface area contributed by atoms with Crippen LogP contribution in [0.4, 0.5) is 9.59 Å². The monoisotopic (exact) mass is 520 g/mol. The number of carbonyl (C=O) groups excluding carboxylic acids is 2. The molecule has 0 fully saturated rings. The van der Waals surface area contributed by atoms with E-state index in [1.165, 1.54) is 11.1 Å². The topological polar surface area (TPSA) is 116 Å². The number of carbonyl (C=O) groups is 2. The number of rotatable bonds is 8. The van der Waals surface area contributed by atoms with Crippen LogP contribution >= 0.6 is 0 Å². The van der Waals surface area contributed by atoms with E-state index in [4.69, 9.17) is 14.0 Å². The molecule has 2 atom stereocenters. The third kappa shape index (κ3) is 6.51. The lowest BCUT2D eigenvalue weighted by Crippen LogP contribution is -2.34. The second kappa shape index (κ2) is 11.2. The first kappa shape index (κ1) is 27.2. The zero-order valence-electron chi connectivity index (χ0n) is 22.8. The molecule has 3 aromatic rings. The largest absolute Gasteiger partial charge is 0.449 e. The molecule has 9 nitrogen and oxygen atoms in total. The van der Waals surface area contributed by atoms with Gasteiger partial charge in [-0.25, -0.2) is 9.59 Å². The standard InChI is InChI=1S/C29H36N4O5/c1-17(2)15-24(25-32-26(38-33-25)18(3)30-28(35)37-29(4,5)6)31-27(34)36-16-23-21-13-9-7-11-19(21)20-12-8-10-14-22(20)23/h7-14,17-18,23-24H,15-16H2,1-6H3,(H,30,35)(H,31,34)/t18-,24-/m0/s1. The minimum absolute atomic E-state index is 0.0340. The van der Waals surface area contributed by atoms with Crippen LogP contribution < -0.4 is 10.6 Å². The van der Waals surface area contributed by atoms with E-state index in [0.29, 0.717) is 12.2 Å². The predicted octanol–water partition coefficient (Wildman–Crippen LogP) is 6.28. The fourth-order valence-corrected chi connectivity index (χ4v) is 4.59. The zero-order chi connectivity index (χ0) is 27.4. The van der Waals surface area contributed by atoms with Gasteiger partial charge in [-0.1, -0.05) is 67.5 Å². The molecule has 0 saturated heterocycles. The van der Waals surface area contributed by atoms with Crippen LogP contribution in [-0.2, 0) is 9.47 Å². The van der Waals surface area contributed by atoms with Gasteiger partial charge in [-0.2, -0.15) is 4.98 Å². The van der Waals surface area contributed by atoms with E-state index in [2.05, 4.69) is 45.0 Å². The number of hydrogen-bond donors (Lipinski definition) is 2. The third-order valence-corrected chi connectivity index (χ3v) is 6.22. The van der Waals surface area contributed by atoms with Crippen LogP contribution in [-0.4, -0.2) is 34.5 Å². The highest BCUT2D eigenvalue weighted by molar-refractivity contribution is 5.79. The van der Waals surface area contributed by atoms with Crippen LogP contribution in [0.2, 0.25) is 0 Å². The maximum atomic E-state index is 12.9. The Morgan fingerprint density at radius 2 is 1.55 bits per heavy atom. The Morgan fingerprint density at radius 1 is 0.947 bits per heavy atom. The highest BCUT2D eigenvalue weighted by Crippen LogP contribution is 2.44. The van der Waals surface area contributed by atoms with Gasteiger partial charge in [0.15, 0.2) is 5.82 Å². The van der Waals surface area contributed by atoms with E-state index >= 15 is 0 Å². The van der Waals surface area contributed by atoms with Gasteiger partial charge in [0.05, 0.1) is 6.04 Å². The molecule has 202 valence electrons. The Hall–Kier alpha value is -3.88. The summed E-state index contributed by atoms with van der Waals surface area (Å²) in [6.07, 6.45) is -0.555. The van der Waals surface area contributed by atoms with Gasteiger partial charge < -0.3 is 24.6 Å². The summed E-state index contributed by atoms with van der Waals surface area (Å²) in [5.74, 6) is 0.746. The van der Waals surface area contributed by atoms with Gasteiger partial charge in [-0.15, -0.1) is 0 Å². The number of benzene rings is 2. The normalized spacial score (nSPS) is 14.4.